The number of aryl methyl sites for hydroxylation is 1. The van der Waals surface area contributed by atoms with E-state index in [4.69, 9.17) is 0 Å². The van der Waals surface area contributed by atoms with Gasteiger partial charge in [0, 0.05) is 29.3 Å². The lowest BCUT2D eigenvalue weighted by Crippen LogP contribution is -2.28. The summed E-state index contributed by atoms with van der Waals surface area (Å²) in [5, 5.41) is 2.81. The Bertz CT molecular complexity index is 519. The Morgan fingerprint density at radius 1 is 1.63 bits per heavy atom. The SMILES string of the molecule is CCN1CC(C(=O)Nc2ncc(I)cc2C)CC1=O. The minimum atomic E-state index is -0.270. The van der Waals surface area contributed by atoms with Crippen molar-refractivity contribution in [3.05, 3.63) is 21.4 Å². The first-order chi connectivity index (χ1) is 9.01. The number of likely N-dealkylation sites (tertiary alicyclic amines) is 1. The number of carbonyl (C=O) groups is 2. The molecule has 1 aliphatic rings. The second-order valence-electron chi connectivity index (χ2n) is 4.64. The van der Waals surface area contributed by atoms with Gasteiger partial charge in [-0.2, -0.15) is 0 Å². The van der Waals surface area contributed by atoms with Crippen LogP contribution in [0.5, 0.6) is 0 Å². The largest absolute Gasteiger partial charge is 0.342 e. The number of carbonyl (C=O) groups excluding carboxylic acids is 2. The fourth-order valence-corrected chi connectivity index (χ4v) is 2.75. The third-order valence-corrected chi connectivity index (χ3v) is 3.84. The zero-order chi connectivity index (χ0) is 14.0. The van der Waals surface area contributed by atoms with Crippen LogP contribution in [0.1, 0.15) is 18.9 Å². The molecule has 2 amide bonds. The van der Waals surface area contributed by atoms with Gasteiger partial charge in [0.15, 0.2) is 0 Å². The molecule has 1 saturated heterocycles. The van der Waals surface area contributed by atoms with E-state index in [1.54, 1.807) is 11.1 Å². The van der Waals surface area contributed by atoms with Crippen molar-refractivity contribution in [3.8, 4) is 0 Å². The van der Waals surface area contributed by atoms with Crippen LogP contribution in [0, 0.1) is 16.4 Å². The van der Waals surface area contributed by atoms with E-state index >= 15 is 0 Å². The summed E-state index contributed by atoms with van der Waals surface area (Å²) in [4.78, 5) is 29.7. The lowest BCUT2D eigenvalue weighted by Gasteiger charge is -2.14. The molecule has 1 N–H and O–H groups in total. The molecular formula is C13H16IN3O2. The summed E-state index contributed by atoms with van der Waals surface area (Å²) in [6, 6.07) is 1.96. The Kier molecular flexibility index (Phi) is 4.38. The van der Waals surface area contributed by atoms with Crippen molar-refractivity contribution in [1.29, 1.82) is 0 Å². The quantitative estimate of drug-likeness (QED) is 0.822. The average molecular weight is 373 g/mol. The van der Waals surface area contributed by atoms with Crippen LogP contribution in [0.15, 0.2) is 12.3 Å². The number of halogens is 1. The van der Waals surface area contributed by atoms with Crippen molar-refractivity contribution in [3.63, 3.8) is 0 Å². The van der Waals surface area contributed by atoms with Gasteiger partial charge in [0.05, 0.1) is 5.92 Å². The third-order valence-electron chi connectivity index (χ3n) is 3.25. The van der Waals surface area contributed by atoms with E-state index < -0.39 is 0 Å². The fraction of sp³-hybridized carbons (Fsp3) is 0.462. The van der Waals surface area contributed by atoms with Crippen LogP contribution in [0.3, 0.4) is 0 Å². The first-order valence-electron chi connectivity index (χ1n) is 6.22. The summed E-state index contributed by atoms with van der Waals surface area (Å²) in [6.07, 6.45) is 2.00. The number of nitrogens with zero attached hydrogens (tertiary/aromatic N) is 2. The maximum atomic E-state index is 12.1. The molecule has 0 spiro atoms. The molecule has 0 bridgehead atoms. The van der Waals surface area contributed by atoms with Crippen LogP contribution in [-0.4, -0.2) is 34.8 Å². The Morgan fingerprint density at radius 2 is 2.37 bits per heavy atom. The highest BCUT2D eigenvalue weighted by molar-refractivity contribution is 14.1. The average Bonchev–Trinajstić information content (AvgIpc) is 2.74. The molecule has 0 aliphatic carbocycles. The summed E-state index contributed by atoms with van der Waals surface area (Å²) >= 11 is 2.18. The van der Waals surface area contributed by atoms with Crippen LogP contribution in [-0.2, 0) is 9.59 Å². The van der Waals surface area contributed by atoms with Gasteiger partial charge < -0.3 is 10.2 Å². The molecule has 5 nitrogen and oxygen atoms in total. The molecule has 0 radical (unpaired) electrons. The Hall–Kier alpha value is -1.18. The molecule has 1 atom stereocenters. The Balaban J connectivity index is 2.04. The highest BCUT2D eigenvalue weighted by Gasteiger charge is 2.33. The number of aromatic nitrogens is 1. The van der Waals surface area contributed by atoms with Gasteiger partial charge in [-0.05, 0) is 48.1 Å². The van der Waals surface area contributed by atoms with Crippen LogP contribution >= 0.6 is 22.6 Å². The predicted molar refractivity (Wildman–Crippen MR) is 80.7 cm³/mol. The third kappa shape index (κ3) is 3.23. The summed E-state index contributed by atoms with van der Waals surface area (Å²) in [6.45, 7) is 4.99. The lowest BCUT2D eigenvalue weighted by atomic mass is 10.1. The second-order valence-corrected chi connectivity index (χ2v) is 5.89. The topological polar surface area (TPSA) is 62.3 Å². The number of pyridine rings is 1. The van der Waals surface area contributed by atoms with Gasteiger partial charge in [-0.25, -0.2) is 4.98 Å². The highest BCUT2D eigenvalue weighted by Crippen LogP contribution is 2.20. The number of anilines is 1. The van der Waals surface area contributed by atoms with Crippen molar-refractivity contribution in [1.82, 2.24) is 9.88 Å². The summed E-state index contributed by atoms with van der Waals surface area (Å²) in [5.41, 5.74) is 0.928. The maximum absolute atomic E-state index is 12.1. The standard InChI is InChI=1S/C13H16IN3O2/c1-3-17-7-9(5-11(17)18)13(19)16-12-8(2)4-10(14)6-15-12/h4,6,9H,3,5,7H2,1-2H3,(H,15,16,19). The van der Waals surface area contributed by atoms with Crippen molar-refractivity contribution in [2.24, 2.45) is 5.92 Å². The minimum Gasteiger partial charge on any atom is -0.342 e. The zero-order valence-corrected chi connectivity index (χ0v) is 13.1. The number of rotatable bonds is 3. The van der Waals surface area contributed by atoms with Crippen LogP contribution in [0.4, 0.5) is 5.82 Å². The highest BCUT2D eigenvalue weighted by atomic mass is 127. The van der Waals surface area contributed by atoms with Crippen molar-refractivity contribution in [2.45, 2.75) is 20.3 Å². The van der Waals surface area contributed by atoms with Crippen LogP contribution in [0.25, 0.3) is 0 Å². The molecule has 6 heteroatoms. The fourth-order valence-electron chi connectivity index (χ4n) is 2.14. The van der Waals surface area contributed by atoms with Gasteiger partial charge in [0.2, 0.25) is 11.8 Å². The van der Waals surface area contributed by atoms with Gasteiger partial charge in [-0.1, -0.05) is 0 Å². The lowest BCUT2D eigenvalue weighted by molar-refractivity contribution is -0.128. The summed E-state index contributed by atoms with van der Waals surface area (Å²) in [5.74, 6) is 0.233. The summed E-state index contributed by atoms with van der Waals surface area (Å²) in [7, 11) is 0. The van der Waals surface area contributed by atoms with E-state index in [1.807, 2.05) is 19.9 Å². The van der Waals surface area contributed by atoms with Crippen molar-refractivity contribution >= 4 is 40.2 Å². The van der Waals surface area contributed by atoms with E-state index in [0.29, 0.717) is 25.3 Å². The Labute approximate surface area is 125 Å². The molecular weight excluding hydrogens is 357 g/mol. The van der Waals surface area contributed by atoms with Crippen LogP contribution < -0.4 is 5.32 Å². The monoisotopic (exact) mass is 373 g/mol. The molecule has 1 unspecified atom stereocenters. The molecule has 0 aromatic carbocycles. The molecule has 1 fully saturated rings. The molecule has 1 aromatic rings. The van der Waals surface area contributed by atoms with Gasteiger partial charge in [-0.15, -0.1) is 0 Å². The number of amides is 2. The molecule has 102 valence electrons. The van der Waals surface area contributed by atoms with E-state index in [-0.39, 0.29) is 17.7 Å². The van der Waals surface area contributed by atoms with E-state index in [0.717, 1.165) is 9.13 Å². The normalized spacial score (nSPS) is 18.8. The molecule has 2 heterocycles. The van der Waals surface area contributed by atoms with Gasteiger partial charge in [-0.3, -0.25) is 9.59 Å². The first-order valence-corrected chi connectivity index (χ1v) is 7.30. The number of nitrogens with one attached hydrogen (secondary N) is 1. The molecule has 1 aromatic heterocycles. The van der Waals surface area contributed by atoms with E-state index in [2.05, 4.69) is 32.9 Å². The maximum Gasteiger partial charge on any atom is 0.230 e. The number of hydrogen-bond donors (Lipinski definition) is 1. The molecule has 0 saturated carbocycles. The summed E-state index contributed by atoms with van der Waals surface area (Å²) < 4.78 is 1.03. The molecule has 2 rings (SSSR count). The first kappa shape index (κ1) is 14.2. The molecule has 1 aliphatic heterocycles. The van der Waals surface area contributed by atoms with E-state index in [1.165, 1.54) is 0 Å². The van der Waals surface area contributed by atoms with Crippen LogP contribution in [0.2, 0.25) is 0 Å². The second kappa shape index (κ2) is 5.85. The minimum absolute atomic E-state index is 0.0509. The number of hydrogen-bond acceptors (Lipinski definition) is 3. The van der Waals surface area contributed by atoms with Crippen molar-refractivity contribution < 1.29 is 9.59 Å². The van der Waals surface area contributed by atoms with Gasteiger partial charge in [0.25, 0.3) is 0 Å². The predicted octanol–water partition coefficient (Wildman–Crippen LogP) is 1.80. The zero-order valence-electron chi connectivity index (χ0n) is 10.9. The van der Waals surface area contributed by atoms with Gasteiger partial charge in [0.1, 0.15) is 5.82 Å². The van der Waals surface area contributed by atoms with Crippen molar-refractivity contribution in [2.75, 3.05) is 18.4 Å². The van der Waals surface area contributed by atoms with E-state index in [9.17, 15) is 9.59 Å². The Morgan fingerprint density at radius 3 is 2.95 bits per heavy atom. The van der Waals surface area contributed by atoms with Gasteiger partial charge >= 0.3 is 0 Å². The molecule has 19 heavy (non-hydrogen) atoms. The smallest absolute Gasteiger partial charge is 0.230 e.